The van der Waals surface area contributed by atoms with Crippen LogP contribution in [0.5, 0.6) is 0 Å². The largest absolute Gasteiger partial charge is 0.477 e. The number of rotatable bonds is 1. The third-order valence-corrected chi connectivity index (χ3v) is 3.44. The van der Waals surface area contributed by atoms with Crippen molar-refractivity contribution in [1.82, 2.24) is 4.40 Å². The van der Waals surface area contributed by atoms with Crippen LogP contribution in [0.2, 0.25) is 0 Å². The summed E-state index contributed by atoms with van der Waals surface area (Å²) in [5, 5.41) is 8.88. The van der Waals surface area contributed by atoms with Gasteiger partial charge in [0.05, 0.1) is 10.2 Å². The topological polar surface area (TPSA) is 41.7 Å². The summed E-state index contributed by atoms with van der Waals surface area (Å²) < 4.78 is 3.01. The summed E-state index contributed by atoms with van der Waals surface area (Å²) in [6.45, 7) is 0. The molecule has 15 heavy (non-hydrogen) atoms. The van der Waals surface area contributed by atoms with Crippen molar-refractivity contribution in [2.75, 3.05) is 0 Å². The molecule has 0 amide bonds. The lowest BCUT2D eigenvalue weighted by atomic mass is 10.4. The number of aromatic nitrogens is 1. The van der Waals surface area contributed by atoms with Crippen LogP contribution >= 0.6 is 11.3 Å². The molecule has 0 spiro atoms. The Kier molecular flexibility index (Phi) is 1.61. The van der Waals surface area contributed by atoms with Crippen LogP contribution in [0.4, 0.5) is 0 Å². The first kappa shape index (κ1) is 8.49. The van der Waals surface area contributed by atoms with Gasteiger partial charge in [-0.3, -0.25) is 0 Å². The average Bonchev–Trinajstić information content (AvgIpc) is 2.73. The van der Waals surface area contributed by atoms with E-state index in [0.29, 0.717) is 4.88 Å². The van der Waals surface area contributed by atoms with Crippen LogP contribution in [0.15, 0.2) is 36.5 Å². The Balaban J connectivity index is 2.42. The van der Waals surface area contributed by atoms with Crippen molar-refractivity contribution < 1.29 is 9.90 Å². The second kappa shape index (κ2) is 2.84. The maximum absolute atomic E-state index is 10.8. The Hall–Kier alpha value is -1.81. The highest BCUT2D eigenvalue weighted by Crippen LogP contribution is 2.28. The number of pyridine rings is 1. The fourth-order valence-corrected chi connectivity index (χ4v) is 2.66. The molecule has 3 nitrogen and oxygen atoms in total. The Morgan fingerprint density at radius 3 is 3.00 bits per heavy atom. The third kappa shape index (κ3) is 1.15. The van der Waals surface area contributed by atoms with Crippen molar-refractivity contribution in [1.29, 1.82) is 0 Å². The minimum Gasteiger partial charge on any atom is -0.477 e. The molecule has 3 aromatic heterocycles. The molecule has 3 rings (SSSR count). The molecule has 0 aliphatic heterocycles. The number of nitrogens with zero attached hydrogens (tertiary/aromatic N) is 1. The van der Waals surface area contributed by atoms with E-state index in [1.165, 1.54) is 11.3 Å². The zero-order valence-electron chi connectivity index (χ0n) is 7.68. The summed E-state index contributed by atoms with van der Waals surface area (Å²) in [5.41, 5.74) is 2.06. The molecule has 0 unspecified atom stereocenters. The van der Waals surface area contributed by atoms with Crippen molar-refractivity contribution >= 4 is 33.0 Å². The van der Waals surface area contributed by atoms with E-state index >= 15 is 0 Å². The number of carboxylic acids is 1. The van der Waals surface area contributed by atoms with Crippen molar-refractivity contribution in [3.8, 4) is 0 Å². The van der Waals surface area contributed by atoms with Crippen molar-refractivity contribution in [2.24, 2.45) is 0 Å². The second-order valence-electron chi connectivity index (χ2n) is 3.31. The van der Waals surface area contributed by atoms with Crippen LogP contribution in [0.1, 0.15) is 9.67 Å². The molecule has 3 heterocycles. The number of fused-ring (bicyclic) bond motifs is 3. The van der Waals surface area contributed by atoms with Gasteiger partial charge in [0, 0.05) is 11.7 Å². The minimum absolute atomic E-state index is 0.387. The standard InChI is InChI=1S/C11H7NO2S/c13-11(14)10-6-8-9(15-10)5-7-3-1-2-4-12(7)8/h1-6H,(H,13,14). The maximum Gasteiger partial charge on any atom is 0.345 e. The van der Waals surface area contributed by atoms with Gasteiger partial charge < -0.3 is 9.51 Å². The van der Waals surface area contributed by atoms with Crippen molar-refractivity contribution in [3.05, 3.63) is 41.4 Å². The lowest BCUT2D eigenvalue weighted by Crippen LogP contribution is -1.90. The number of thiophene rings is 1. The van der Waals surface area contributed by atoms with E-state index in [1.807, 2.05) is 34.9 Å². The van der Waals surface area contributed by atoms with Gasteiger partial charge >= 0.3 is 5.97 Å². The molecule has 0 radical (unpaired) electrons. The fraction of sp³-hybridized carbons (Fsp3) is 0. The van der Waals surface area contributed by atoms with Crippen LogP contribution < -0.4 is 0 Å². The predicted octanol–water partition coefficient (Wildman–Crippen LogP) is 2.85. The Morgan fingerprint density at radius 2 is 2.20 bits per heavy atom. The quantitative estimate of drug-likeness (QED) is 0.681. The van der Waals surface area contributed by atoms with Crippen LogP contribution in [-0.2, 0) is 0 Å². The molecule has 74 valence electrons. The van der Waals surface area contributed by atoms with Gasteiger partial charge in [-0.05, 0) is 24.3 Å². The molecule has 3 aromatic rings. The zero-order valence-corrected chi connectivity index (χ0v) is 8.49. The first-order chi connectivity index (χ1) is 7.25. The molecular formula is C11H7NO2S. The van der Waals surface area contributed by atoms with Gasteiger partial charge in [0.1, 0.15) is 4.88 Å². The third-order valence-electron chi connectivity index (χ3n) is 2.38. The molecule has 0 fully saturated rings. The summed E-state index contributed by atoms with van der Waals surface area (Å²) in [4.78, 5) is 11.2. The molecule has 0 saturated carbocycles. The number of hydrogen-bond acceptors (Lipinski definition) is 2. The highest BCUT2D eigenvalue weighted by molar-refractivity contribution is 7.20. The van der Waals surface area contributed by atoms with Gasteiger partial charge in [0.25, 0.3) is 0 Å². The summed E-state index contributed by atoms with van der Waals surface area (Å²) in [7, 11) is 0. The molecule has 1 N–H and O–H groups in total. The van der Waals surface area contributed by atoms with E-state index in [1.54, 1.807) is 6.07 Å². The smallest absolute Gasteiger partial charge is 0.345 e. The van der Waals surface area contributed by atoms with Gasteiger partial charge in [-0.2, -0.15) is 0 Å². The minimum atomic E-state index is -0.860. The molecular weight excluding hydrogens is 210 g/mol. The zero-order chi connectivity index (χ0) is 10.4. The predicted molar refractivity (Wildman–Crippen MR) is 59.7 cm³/mol. The molecule has 4 heteroatoms. The monoisotopic (exact) mass is 217 g/mol. The summed E-state index contributed by atoms with van der Waals surface area (Å²) in [6.07, 6.45) is 1.94. The molecule has 0 bridgehead atoms. The highest BCUT2D eigenvalue weighted by Gasteiger charge is 2.11. The van der Waals surface area contributed by atoms with Crippen LogP contribution in [-0.4, -0.2) is 15.5 Å². The van der Waals surface area contributed by atoms with E-state index in [2.05, 4.69) is 0 Å². The van der Waals surface area contributed by atoms with E-state index < -0.39 is 5.97 Å². The molecule has 0 saturated heterocycles. The van der Waals surface area contributed by atoms with Gasteiger partial charge in [0.2, 0.25) is 0 Å². The van der Waals surface area contributed by atoms with Crippen molar-refractivity contribution in [2.45, 2.75) is 0 Å². The van der Waals surface area contributed by atoms with Gasteiger partial charge in [-0.15, -0.1) is 11.3 Å². The number of hydrogen-bond donors (Lipinski definition) is 1. The van der Waals surface area contributed by atoms with E-state index in [0.717, 1.165) is 15.7 Å². The first-order valence-electron chi connectivity index (χ1n) is 4.48. The molecule has 0 aliphatic carbocycles. The lowest BCUT2D eigenvalue weighted by Gasteiger charge is -1.92. The second-order valence-corrected chi connectivity index (χ2v) is 4.39. The first-order valence-corrected chi connectivity index (χ1v) is 5.30. The number of carbonyl (C=O) groups is 1. The Labute approximate surface area is 89.2 Å². The van der Waals surface area contributed by atoms with E-state index in [-0.39, 0.29) is 0 Å². The maximum atomic E-state index is 10.8. The van der Waals surface area contributed by atoms with Crippen LogP contribution in [0.3, 0.4) is 0 Å². The van der Waals surface area contributed by atoms with E-state index in [4.69, 9.17) is 5.11 Å². The summed E-state index contributed by atoms with van der Waals surface area (Å²) in [6, 6.07) is 9.64. The highest BCUT2D eigenvalue weighted by atomic mass is 32.1. The number of aromatic carboxylic acids is 1. The number of carboxylic acid groups (broad SMARTS) is 1. The van der Waals surface area contributed by atoms with Crippen LogP contribution in [0.25, 0.3) is 15.7 Å². The lowest BCUT2D eigenvalue weighted by molar-refractivity contribution is 0.0702. The van der Waals surface area contributed by atoms with Crippen molar-refractivity contribution in [3.63, 3.8) is 0 Å². The molecule has 0 aliphatic rings. The Morgan fingerprint density at radius 1 is 1.33 bits per heavy atom. The molecule has 0 atom stereocenters. The van der Waals surface area contributed by atoms with Gasteiger partial charge in [0.15, 0.2) is 0 Å². The average molecular weight is 217 g/mol. The molecule has 0 aromatic carbocycles. The normalized spacial score (nSPS) is 11.2. The van der Waals surface area contributed by atoms with Gasteiger partial charge in [-0.25, -0.2) is 4.79 Å². The SMILES string of the molecule is O=C(O)c1cc2c(cc3ccccn32)s1. The van der Waals surface area contributed by atoms with Crippen LogP contribution in [0, 0.1) is 0 Å². The Bertz CT molecular complexity index is 665. The van der Waals surface area contributed by atoms with E-state index in [9.17, 15) is 4.79 Å². The summed E-state index contributed by atoms with van der Waals surface area (Å²) in [5.74, 6) is -0.860. The fourth-order valence-electron chi connectivity index (χ4n) is 1.72. The summed E-state index contributed by atoms with van der Waals surface area (Å²) >= 11 is 1.31. The van der Waals surface area contributed by atoms with Gasteiger partial charge in [-0.1, -0.05) is 6.07 Å².